The highest BCUT2D eigenvalue weighted by atomic mass is 16.5. The first-order chi connectivity index (χ1) is 16.0. The lowest BCUT2D eigenvalue weighted by molar-refractivity contribution is -0.119. The van der Waals surface area contributed by atoms with Gasteiger partial charge in [0.1, 0.15) is 0 Å². The van der Waals surface area contributed by atoms with Crippen molar-refractivity contribution >= 4 is 29.2 Å². The van der Waals surface area contributed by atoms with Crippen LogP contribution in [0, 0.1) is 0 Å². The highest BCUT2D eigenvalue weighted by molar-refractivity contribution is 5.97. The predicted molar refractivity (Wildman–Crippen MR) is 125 cm³/mol. The number of ether oxygens (including phenoxy) is 3. The van der Waals surface area contributed by atoms with Crippen molar-refractivity contribution in [3.05, 3.63) is 48.0 Å². The van der Waals surface area contributed by atoms with Crippen LogP contribution in [0.4, 0.5) is 11.4 Å². The second-order valence-electron chi connectivity index (χ2n) is 7.62. The van der Waals surface area contributed by atoms with Gasteiger partial charge in [0.25, 0.3) is 5.91 Å². The van der Waals surface area contributed by atoms with E-state index in [2.05, 4.69) is 12.2 Å². The van der Waals surface area contributed by atoms with Crippen molar-refractivity contribution in [3.8, 4) is 11.5 Å². The zero-order chi connectivity index (χ0) is 23.6. The van der Waals surface area contributed by atoms with E-state index in [0.29, 0.717) is 43.4 Å². The summed E-state index contributed by atoms with van der Waals surface area (Å²) >= 11 is 0. The van der Waals surface area contributed by atoms with Crippen molar-refractivity contribution in [1.29, 1.82) is 0 Å². The fourth-order valence-electron chi connectivity index (χ4n) is 3.41. The van der Waals surface area contributed by atoms with E-state index in [1.54, 1.807) is 47.4 Å². The second kappa shape index (κ2) is 11.9. The fourth-order valence-corrected chi connectivity index (χ4v) is 3.41. The van der Waals surface area contributed by atoms with Gasteiger partial charge in [-0.25, -0.2) is 4.79 Å². The summed E-state index contributed by atoms with van der Waals surface area (Å²) in [5.74, 6) is 0.0431. The average molecular weight is 455 g/mol. The van der Waals surface area contributed by atoms with Gasteiger partial charge in [0.2, 0.25) is 5.91 Å². The molecule has 0 spiro atoms. The molecule has 33 heavy (non-hydrogen) atoms. The van der Waals surface area contributed by atoms with Gasteiger partial charge in [0.05, 0.1) is 18.8 Å². The van der Waals surface area contributed by atoms with Gasteiger partial charge in [-0.1, -0.05) is 13.3 Å². The molecule has 0 saturated carbocycles. The molecule has 2 aromatic carbocycles. The number of hydrogen-bond acceptors (Lipinski definition) is 6. The number of anilines is 2. The van der Waals surface area contributed by atoms with Crippen LogP contribution in [0.3, 0.4) is 0 Å². The molecule has 0 unspecified atom stereocenters. The van der Waals surface area contributed by atoms with E-state index in [-0.39, 0.29) is 11.5 Å². The first kappa shape index (κ1) is 24.1. The maximum atomic E-state index is 12.4. The number of amides is 2. The Morgan fingerprint density at radius 3 is 2.48 bits per heavy atom. The monoisotopic (exact) mass is 454 g/mol. The molecular weight excluding hydrogens is 424 g/mol. The Balaban J connectivity index is 1.52. The lowest BCUT2D eigenvalue weighted by atomic mass is 10.2. The van der Waals surface area contributed by atoms with Gasteiger partial charge in [0, 0.05) is 24.3 Å². The molecule has 0 atom stereocenters. The second-order valence-corrected chi connectivity index (χ2v) is 7.62. The van der Waals surface area contributed by atoms with Crippen LogP contribution in [0.5, 0.6) is 11.5 Å². The molecule has 8 nitrogen and oxygen atoms in total. The molecule has 0 aromatic heterocycles. The molecular formula is C25H30N2O6. The zero-order valence-electron chi connectivity index (χ0n) is 19.1. The minimum atomic E-state index is -0.630. The van der Waals surface area contributed by atoms with Crippen LogP contribution in [0.2, 0.25) is 0 Å². The van der Waals surface area contributed by atoms with E-state index >= 15 is 0 Å². The van der Waals surface area contributed by atoms with Crippen LogP contribution < -0.4 is 19.7 Å². The largest absolute Gasteiger partial charge is 0.490 e. The molecule has 2 aromatic rings. The van der Waals surface area contributed by atoms with E-state index in [1.807, 2.05) is 6.92 Å². The molecule has 1 aliphatic rings. The SMILES string of the molecule is CCCCOc1ccc(C(=O)OCC(=O)Nc2ccc(N3CCCC3=O)cc2)cc1OCC. The Labute approximate surface area is 193 Å². The van der Waals surface area contributed by atoms with Crippen LogP contribution in [-0.2, 0) is 14.3 Å². The number of benzene rings is 2. The third kappa shape index (κ3) is 6.71. The van der Waals surface area contributed by atoms with Crippen LogP contribution in [-0.4, -0.2) is 44.1 Å². The minimum absolute atomic E-state index is 0.103. The lowest BCUT2D eigenvalue weighted by Gasteiger charge is -2.16. The van der Waals surface area contributed by atoms with E-state index in [0.717, 1.165) is 24.9 Å². The number of carbonyl (C=O) groups excluding carboxylic acids is 3. The van der Waals surface area contributed by atoms with Crippen molar-refractivity contribution in [1.82, 2.24) is 0 Å². The Bertz CT molecular complexity index is 973. The molecule has 1 N–H and O–H groups in total. The summed E-state index contributed by atoms with van der Waals surface area (Å²) in [5, 5.41) is 2.68. The van der Waals surface area contributed by atoms with E-state index in [1.165, 1.54) is 0 Å². The van der Waals surface area contributed by atoms with Crippen LogP contribution >= 0.6 is 0 Å². The summed E-state index contributed by atoms with van der Waals surface area (Å²) < 4.78 is 16.4. The summed E-state index contributed by atoms with van der Waals surface area (Å²) in [4.78, 5) is 38.2. The molecule has 0 aliphatic carbocycles. The van der Waals surface area contributed by atoms with Crippen molar-refractivity contribution in [2.75, 3.05) is 36.6 Å². The summed E-state index contributed by atoms with van der Waals surface area (Å²) in [6, 6.07) is 11.8. The maximum absolute atomic E-state index is 12.4. The molecule has 3 rings (SSSR count). The summed E-state index contributed by atoms with van der Waals surface area (Å²) in [5.41, 5.74) is 1.63. The molecule has 0 bridgehead atoms. The molecule has 1 aliphatic heterocycles. The Morgan fingerprint density at radius 1 is 1.03 bits per heavy atom. The highest BCUT2D eigenvalue weighted by Gasteiger charge is 2.21. The molecule has 176 valence electrons. The van der Waals surface area contributed by atoms with Gasteiger partial charge in [-0.15, -0.1) is 0 Å². The van der Waals surface area contributed by atoms with E-state index in [9.17, 15) is 14.4 Å². The molecule has 8 heteroatoms. The molecule has 1 saturated heterocycles. The minimum Gasteiger partial charge on any atom is -0.490 e. The number of hydrogen-bond donors (Lipinski definition) is 1. The smallest absolute Gasteiger partial charge is 0.338 e. The third-order valence-corrected chi connectivity index (χ3v) is 5.11. The van der Waals surface area contributed by atoms with Crippen LogP contribution in [0.15, 0.2) is 42.5 Å². The Hall–Kier alpha value is -3.55. The number of rotatable bonds is 11. The van der Waals surface area contributed by atoms with E-state index < -0.39 is 18.5 Å². The van der Waals surface area contributed by atoms with Gasteiger partial charge < -0.3 is 24.4 Å². The normalized spacial score (nSPS) is 13.0. The number of esters is 1. The van der Waals surface area contributed by atoms with Crippen molar-refractivity contribution in [2.24, 2.45) is 0 Å². The lowest BCUT2D eigenvalue weighted by Crippen LogP contribution is -2.23. The quantitative estimate of drug-likeness (QED) is 0.404. The standard InChI is InChI=1S/C25H30N2O6/c1-3-5-15-32-21-13-8-18(16-22(21)31-4-2)25(30)33-17-23(28)26-19-9-11-20(12-10-19)27-14-6-7-24(27)29/h8-13,16H,3-7,14-15,17H2,1-2H3,(H,26,28). The molecule has 1 heterocycles. The summed E-state index contributed by atoms with van der Waals surface area (Å²) in [7, 11) is 0. The number of nitrogens with zero attached hydrogens (tertiary/aromatic N) is 1. The van der Waals surface area contributed by atoms with Crippen molar-refractivity contribution < 1.29 is 28.6 Å². The van der Waals surface area contributed by atoms with E-state index in [4.69, 9.17) is 14.2 Å². The Kier molecular flexibility index (Phi) is 8.69. The first-order valence-corrected chi connectivity index (χ1v) is 11.3. The van der Waals surface area contributed by atoms with Crippen LogP contribution in [0.25, 0.3) is 0 Å². The molecule has 2 amide bonds. The zero-order valence-corrected chi connectivity index (χ0v) is 19.1. The number of carbonyl (C=O) groups is 3. The predicted octanol–water partition coefficient (Wildman–Crippen LogP) is 4.19. The van der Waals surface area contributed by atoms with Crippen molar-refractivity contribution in [3.63, 3.8) is 0 Å². The topological polar surface area (TPSA) is 94.2 Å². The van der Waals surface area contributed by atoms with Gasteiger partial charge in [-0.05, 0) is 62.2 Å². The third-order valence-electron chi connectivity index (χ3n) is 5.11. The average Bonchev–Trinajstić information content (AvgIpc) is 3.25. The van der Waals surface area contributed by atoms with Crippen molar-refractivity contribution in [2.45, 2.75) is 39.5 Å². The van der Waals surface area contributed by atoms with Crippen LogP contribution in [0.1, 0.15) is 49.9 Å². The van der Waals surface area contributed by atoms with Gasteiger partial charge in [-0.3, -0.25) is 9.59 Å². The van der Waals surface area contributed by atoms with Gasteiger partial charge >= 0.3 is 5.97 Å². The Morgan fingerprint density at radius 2 is 1.82 bits per heavy atom. The molecule has 1 fully saturated rings. The summed E-state index contributed by atoms with van der Waals surface area (Å²) in [6.45, 7) is 5.20. The molecule has 0 radical (unpaired) electrons. The summed E-state index contributed by atoms with van der Waals surface area (Å²) in [6.07, 6.45) is 3.34. The maximum Gasteiger partial charge on any atom is 0.338 e. The van der Waals surface area contributed by atoms with Gasteiger partial charge in [-0.2, -0.15) is 0 Å². The number of nitrogens with one attached hydrogen (secondary N) is 1. The fraction of sp³-hybridized carbons (Fsp3) is 0.400. The number of unbranched alkanes of at least 4 members (excludes halogenated alkanes) is 1. The first-order valence-electron chi connectivity index (χ1n) is 11.3. The van der Waals surface area contributed by atoms with Gasteiger partial charge in [0.15, 0.2) is 18.1 Å². The highest BCUT2D eigenvalue weighted by Crippen LogP contribution is 2.29.